The van der Waals surface area contributed by atoms with Gasteiger partial charge in [0.05, 0.1) is 19.8 Å². The minimum Gasteiger partial charge on any atom is -0.494 e. The molecule has 5 heteroatoms. The molecule has 0 atom stereocenters. The minimum absolute atomic E-state index is 0.0631. The van der Waals surface area contributed by atoms with Gasteiger partial charge in [-0.2, -0.15) is 0 Å². The summed E-state index contributed by atoms with van der Waals surface area (Å²) in [5.41, 5.74) is 0.919. The van der Waals surface area contributed by atoms with Crippen LogP contribution in [-0.2, 0) is 9.53 Å². The highest BCUT2D eigenvalue weighted by Crippen LogP contribution is 2.13. The average molecular weight is 293 g/mol. The Balaban J connectivity index is 2.61. The SMILES string of the molecule is CCOc1ccc(/C=C/C(=O)N(CCO)CCOC)cc1. The van der Waals surface area contributed by atoms with E-state index >= 15 is 0 Å². The molecule has 0 fully saturated rings. The summed E-state index contributed by atoms with van der Waals surface area (Å²) in [5.74, 6) is 0.665. The molecule has 5 nitrogen and oxygen atoms in total. The Bertz CT molecular complexity index is 442. The molecule has 21 heavy (non-hydrogen) atoms. The predicted molar refractivity (Wildman–Crippen MR) is 82.2 cm³/mol. The summed E-state index contributed by atoms with van der Waals surface area (Å²) in [6.07, 6.45) is 3.25. The van der Waals surface area contributed by atoms with Gasteiger partial charge in [-0.3, -0.25) is 4.79 Å². The van der Waals surface area contributed by atoms with Crippen LogP contribution in [0.15, 0.2) is 30.3 Å². The molecule has 0 heterocycles. The summed E-state index contributed by atoms with van der Waals surface area (Å²) in [6.45, 7) is 3.71. The average Bonchev–Trinajstić information content (AvgIpc) is 2.50. The van der Waals surface area contributed by atoms with Crippen LogP contribution in [0, 0.1) is 0 Å². The summed E-state index contributed by atoms with van der Waals surface area (Å²) >= 11 is 0. The van der Waals surface area contributed by atoms with Crippen LogP contribution in [0.25, 0.3) is 6.08 Å². The maximum Gasteiger partial charge on any atom is 0.246 e. The van der Waals surface area contributed by atoms with Crippen molar-refractivity contribution in [1.29, 1.82) is 0 Å². The van der Waals surface area contributed by atoms with E-state index in [2.05, 4.69) is 0 Å². The van der Waals surface area contributed by atoms with Crippen LogP contribution in [0.2, 0.25) is 0 Å². The van der Waals surface area contributed by atoms with E-state index in [9.17, 15) is 4.79 Å². The number of hydrogen-bond donors (Lipinski definition) is 1. The lowest BCUT2D eigenvalue weighted by atomic mass is 10.2. The highest BCUT2D eigenvalue weighted by Gasteiger charge is 2.09. The Morgan fingerprint density at radius 2 is 2.00 bits per heavy atom. The molecule has 0 unspecified atom stereocenters. The van der Waals surface area contributed by atoms with E-state index in [-0.39, 0.29) is 12.5 Å². The monoisotopic (exact) mass is 293 g/mol. The second kappa shape index (κ2) is 9.96. The smallest absolute Gasteiger partial charge is 0.246 e. The third-order valence-electron chi connectivity index (χ3n) is 2.86. The normalized spacial score (nSPS) is 10.8. The number of amides is 1. The zero-order valence-electron chi connectivity index (χ0n) is 12.6. The van der Waals surface area contributed by atoms with Gasteiger partial charge in [0.2, 0.25) is 5.91 Å². The van der Waals surface area contributed by atoms with Gasteiger partial charge in [0, 0.05) is 26.3 Å². The lowest BCUT2D eigenvalue weighted by Crippen LogP contribution is -2.34. The first-order valence-electron chi connectivity index (χ1n) is 7.01. The van der Waals surface area contributed by atoms with Gasteiger partial charge in [-0.15, -0.1) is 0 Å². The largest absolute Gasteiger partial charge is 0.494 e. The number of ether oxygens (including phenoxy) is 2. The fourth-order valence-corrected chi connectivity index (χ4v) is 1.77. The molecule has 1 aromatic rings. The van der Waals surface area contributed by atoms with Crippen molar-refractivity contribution in [3.63, 3.8) is 0 Å². The van der Waals surface area contributed by atoms with Crippen molar-refractivity contribution < 1.29 is 19.4 Å². The van der Waals surface area contributed by atoms with Crippen LogP contribution in [0.1, 0.15) is 12.5 Å². The Kier molecular flexibility index (Phi) is 8.16. The number of carbonyl (C=O) groups excluding carboxylic acids is 1. The molecule has 0 spiro atoms. The summed E-state index contributed by atoms with van der Waals surface area (Å²) in [7, 11) is 1.58. The molecule has 1 N–H and O–H groups in total. The number of hydrogen-bond acceptors (Lipinski definition) is 4. The van der Waals surface area contributed by atoms with Gasteiger partial charge < -0.3 is 19.5 Å². The molecule has 1 aromatic carbocycles. The van der Waals surface area contributed by atoms with Crippen LogP contribution < -0.4 is 4.74 Å². The Hall–Kier alpha value is -1.85. The van der Waals surface area contributed by atoms with Gasteiger partial charge in [-0.05, 0) is 30.7 Å². The van der Waals surface area contributed by atoms with Crippen LogP contribution in [0.3, 0.4) is 0 Å². The zero-order chi connectivity index (χ0) is 15.5. The molecule has 0 aliphatic rings. The van der Waals surface area contributed by atoms with E-state index in [1.807, 2.05) is 31.2 Å². The fraction of sp³-hybridized carbons (Fsp3) is 0.438. The van der Waals surface area contributed by atoms with E-state index in [1.54, 1.807) is 18.1 Å². The third kappa shape index (κ3) is 6.42. The van der Waals surface area contributed by atoms with E-state index < -0.39 is 0 Å². The first-order valence-corrected chi connectivity index (χ1v) is 7.01. The summed E-state index contributed by atoms with van der Waals surface area (Å²) < 4.78 is 10.3. The molecule has 0 aliphatic carbocycles. The first-order chi connectivity index (χ1) is 10.2. The van der Waals surface area contributed by atoms with Crippen LogP contribution in [0.5, 0.6) is 5.75 Å². The van der Waals surface area contributed by atoms with Crippen molar-refractivity contribution in [2.24, 2.45) is 0 Å². The molecule has 0 saturated heterocycles. The van der Waals surface area contributed by atoms with E-state index in [0.717, 1.165) is 11.3 Å². The molecule has 0 radical (unpaired) electrons. The van der Waals surface area contributed by atoms with Crippen molar-refractivity contribution in [1.82, 2.24) is 4.90 Å². The highest BCUT2D eigenvalue weighted by molar-refractivity contribution is 5.91. The number of carbonyl (C=O) groups is 1. The minimum atomic E-state index is -0.144. The quantitative estimate of drug-likeness (QED) is 0.702. The number of rotatable bonds is 9. The molecule has 0 bridgehead atoms. The van der Waals surface area contributed by atoms with Crippen LogP contribution in [-0.4, -0.2) is 55.9 Å². The van der Waals surface area contributed by atoms with Gasteiger partial charge >= 0.3 is 0 Å². The van der Waals surface area contributed by atoms with Crippen LogP contribution in [0.4, 0.5) is 0 Å². The zero-order valence-corrected chi connectivity index (χ0v) is 12.6. The fourth-order valence-electron chi connectivity index (χ4n) is 1.77. The topological polar surface area (TPSA) is 59.0 Å². The molecular weight excluding hydrogens is 270 g/mol. The van der Waals surface area contributed by atoms with Gasteiger partial charge in [0.15, 0.2) is 0 Å². The molecule has 0 saturated carbocycles. The molecule has 1 rings (SSSR count). The van der Waals surface area contributed by atoms with E-state index in [4.69, 9.17) is 14.6 Å². The van der Waals surface area contributed by atoms with E-state index in [0.29, 0.717) is 26.3 Å². The van der Waals surface area contributed by atoms with Crippen LogP contribution >= 0.6 is 0 Å². The Labute approximate surface area is 125 Å². The van der Waals surface area contributed by atoms with Gasteiger partial charge in [-0.1, -0.05) is 12.1 Å². The molecule has 0 aromatic heterocycles. The number of methoxy groups -OCH3 is 1. The second-order valence-electron chi connectivity index (χ2n) is 4.38. The maximum atomic E-state index is 12.0. The Morgan fingerprint density at radius 1 is 1.29 bits per heavy atom. The maximum absolute atomic E-state index is 12.0. The number of nitrogens with zero attached hydrogens (tertiary/aromatic N) is 1. The summed E-state index contributed by atoms with van der Waals surface area (Å²) in [5, 5.41) is 8.98. The summed E-state index contributed by atoms with van der Waals surface area (Å²) in [4.78, 5) is 13.6. The third-order valence-corrected chi connectivity index (χ3v) is 2.86. The van der Waals surface area contributed by atoms with Crippen molar-refractivity contribution in [3.8, 4) is 5.75 Å². The van der Waals surface area contributed by atoms with Gasteiger partial charge in [-0.25, -0.2) is 0 Å². The van der Waals surface area contributed by atoms with Crippen molar-refractivity contribution in [3.05, 3.63) is 35.9 Å². The number of aliphatic hydroxyl groups excluding tert-OH is 1. The second-order valence-corrected chi connectivity index (χ2v) is 4.38. The van der Waals surface area contributed by atoms with Gasteiger partial charge in [0.25, 0.3) is 0 Å². The van der Waals surface area contributed by atoms with Crippen molar-refractivity contribution in [2.45, 2.75) is 6.92 Å². The summed E-state index contributed by atoms with van der Waals surface area (Å²) in [6, 6.07) is 7.51. The number of benzene rings is 1. The van der Waals surface area contributed by atoms with E-state index in [1.165, 1.54) is 6.08 Å². The lowest BCUT2D eigenvalue weighted by molar-refractivity contribution is -0.127. The molecule has 0 aliphatic heterocycles. The highest BCUT2D eigenvalue weighted by atomic mass is 16.5. The first kappa shape index (κ1) is 17.2. The predicted octanol–water partition coefficient (Wildman–Crippen LogP) is 1.57. The molecule has 1 amide bonds. The lowest BCUT2D eigenvalue weighted by Gasteiger charge is -2.19. The molecule has 116 valence electrons. The molecular formula is C16H23NO4. The standard InChI is InChI=1S/C16H23NO4/c1-3-21-15-7-4-14(5-8-15)6-9-16(19)17(10-12-18)11-13-20-2/h4-9,18H,3,10-13H2,1-2H3/b9-6+. The number of aliphatic hydroxyl groups is 1. The Morgan fingerprint density at radius 3 is 2.57 bits per heavy atom. The van der Waals surface area contributed by atoms with Crippen molar-refractivity contribution in [2.75, 3.05) is 40.0 Å². The van der Waals surface area contributed by atoms with Gasteiger partial charge in [0.1, 0.15) is 5.75 Å². The van der Waals surface area contributed by atoms with Crippen molar-refractivity contribution >= 4 is 12.0 Å².